The molecule has 0 aliphatic heterocycles. The van der Waals surface area contributed by atoms with Crippen molar-refractivity contribution < 1.29 is 19.5 Å². The molecule has 24 heavy (non-hydrogen) atoms. The summed E-state index contributed by atoms with van der Waals surface area (Å²) < 4.78 is 0. The van der Waals surface area contributed by atoms with Gasteiger partial charge in [0.05, 0.1) is 0 Å². The summed E-state index contributed by atoms with van der Waals surface area (Å²) in [6, 6.07) is 0. The second-order valence-corrected chi connectivity index (χ2v) is 7.35. The van der Waals surface area contributed by atoms with Crippen LogP contribution in [0.2, 0.25) is 0 Å². The van der Waals surface area contributed by atoms with Gasteiger partial charge < -0.3 is 5.11 Å². The molecule has 0 spiro atoms. The number of carboxylic acid groups (broad SMARTS) is 1. The molecule has 0 saturated heterocycles. The van der Waals surface area contributed by atoms with Crippen LogP contribution in [0.5, 0.6) is 0 Å². The van der Waals surface area contributed by atoms with Gasteiger partial charge in [0, 0.05) is 31.1 Å². The minimum atomic E-state index is -0.762. The number of ketones is 2. The lowest BCUT2D eigenvalue weighted by Crippen LogP contribution is -2.34. The zero-order valence-electron chi connectivity index (χ0n) is 14.7. The van der Waals surface area contributed by atoms with E-state index in [2.05, 4.69) is 6.92 Å². The van der Waals surface area contributed by atoms with E-state index in [1.54, 1.807) is 0 Å². The third-order valence-corrected chi connectivity index (χ3v) is 5.76. The second kappa shape index (κ2) is 9.14. The predicted octanol–water partition coefficient (Wildman–Crippen LogP) is 4.18. The number of rotatable bonds is 9. The molecule has 1 N–H and O–H groups in total. The Morgan fingerprint density at radius 2 is 1.92 bits per heavy atom. The van der Waals surface area contributed by atoms with Gasteiger partial charge in [0.25, 0.3) is 0 Å². The zero-order valence-corrected chi connectivity index (χ0v) is 14.7. The van der Waals surface area contributed by atoms with Crippen molar-refractivity contribution in [2.45, 2.75) is 71.1 Å². The highest BCUT2D eigenvalue weighted by molar-refractivity contribution is 5.88. The van der Waals surface area contributed by atoms with Crippen LogP contribution >= 0.6 is 0 Å². The third-order valence-electron chi connectivity index (χ3n) is 5.76. The van der Waals surface area contributed by atoms with E-state index in [1.165, 1.54) is 0 Å². The summed E-state index contributed by atoms with van der Waals surface area (Å²) >= 11 is 0. The average Bonchev–Trinajstić information content (AvgIpc) is 2.85. The molecule has 0 aromatic carbocycles. The van der Waals surface area contributed by atoms with Gasteiger partial charge in [0.1, 0.15) is 11.6 Å². The number of carboxylic acids is 1. The summed E-state index contributed by atoms with van der Waals surface area (Å²) in [5.41, 5.74) is 0. The first-order valence-corrected chi connectivity index (χ1v) is 9.46. The molecule has 4 heteroatoms. The van der Waals surface area contributed by atoms with Gasteiger partial charge >= 0.3 is 5.97 Å². The smallest absolute Gasteiger partial charge is 0.303 e. The maximum absolute atomic E-state index is 12.5. The maximum atomic E-state index is 12.5. The van der Waals surface area contributed by atoms with Crippen LogP contribution in [0.4, 0.5) is 0 Å². The SMILES string of the molecule is CCCCC1C(=O)CC[C@H]2[C@@H]1CC(=O)[C@@H]2C/C=C/CCCC(=O)O. The molecule has 2 aliphatic carbocycles. The Bertz CT molecular complexity index is 494. The Morgan fingerprint density at radius 3 is 2.62 bits per heavy atom. The number of unbranched alkanes of at least 4 members (excludes halogenated alkanes) is 2. The van der Waals surface area contributed by atoms with Gasteiger partial charge in [-0.15, -0.1) is 0 Å². The number of carbonyl (C=O) groups is 3. The van der Waals surface area contributed by atoms with Crippen LogP contribution in [-0.2, 0) is 14.4 Å². The van der Waals surface area contributed by atoms with Crippen molar-refractivity contribution in [1.29, 1.82) is 0 Å². The molecule has 2 aliphatic rings. The molecule has 0 amide bonds. The summed E-state index contributed by atoms with van der Waals surface area (Å²) in [5, 5.41) is 8.62. The number of carbonyl (C=O) groups excluding carboxylic acids is 2. The number of fused-ring (bicyclic) bond motifs is 1. The Morgan fingerprint density at radius 1 is 1.12 bits per heavy atom. The lowest BCUT2D eigenvalue weighted by Gasteiger charge is -2.34. The standard InChI is InChI=1S/C20H30O4/c1-2-3-8-16-17-13-19(22)15(14(17)11-12-18(16)21)9-6-4-5-7-10-20(23)24/h4,6,14-17H,2-3,5,7-13H2,1H3,(H,23,24)/b6-4+/t14-,15-,16?,17+/m1/s1. The minimum absolute atomic E-state index is 0.0722. The van der Waals surface area contributed by atoms with E-state index in [4.69, 9.17) is 5.11 Å². The van der Waals surface area contributed by atoms with Gasteiger partial charge in [-0.3, -0.25) is 14.4 Å². The van der Waals surface area contributed by atoms with Crippen molar-refractivity contribution in [3.05, 3.63) is 12.2 Å². The highest BCUT2D eigenvalue weighted by Gasteiger charge is 2.48. The maximum Gasteiger partial charge on any atom is 0.303 e. The lowest BCUT2D eigenvalue weighted by molar-refractivity contribution is -0.137. The summed E-state index contributed by atoms with van der Waals surface area (Å²) in [7, 11) is 0. The van der Waals surface area contributed by atoms with E-state index in [0.29, 0.717) is 36.7 Å². The van der Waals surface area contributed by atoms with Gasteiger partial charge in [-0.05, 0) is 43.9 Å². The first-order chi connectivity index (χ1) is 11.5. The molecule has 0 bridgehead atoms. The van der Waals surface area contributed by atoms with Crippen molar-refractivity contribution in [1.82, 2.24) is 0 Å². The second-order valence-electron chi connectivity index (χ2n) is 7.35. The van der Waals surface area contributed by atoms with E-state index >= 15 is 0 Å². The average molecular weight is 334 g/mol. The predicted molar refractivity (Wildman–Crippen MR) is 92.6 cm³/mol. The van der Waals surface area contributed by atoms with Gasteiger partial charge in [-0.2, -0.15) is 0 Å². The number of hydrogen-bond donors (Lipinski definition) is 1. The van der Waals surface area contributed by atoms with Crippen molar-refractivity contribution in [2.24, 2.45) is 23.7 Å². The topological polar surface area (TPSA) is 71.4 Å². The highest BCUT2D eigenvalue weighted by atomic mass is 16.4. The van der Waals surface area contributed by atoms with Crippen LogP contribution in [0.15, 0.2) is 12.2 Å². The van der Waals surface area contributed by atoms with Gasteiger partial charge in [-0.25, -0.2) is 0 Å². The molecular weight excluding hydrogens is 304 g/mol. The quantitative estimate of drug-likeness (QED) is 0.507. The van der Waals surface area contributed by atoms with E-state index in [0.717, 1.165) is 38.5 Å². The molecule has 2 saturated carbocycles. The van der Waals surface area contributed by atoms with Crippen molar-refractivity contribution in [3.8, 4) is 0 Å². The van der Waals surface area contributed by atoms with Crippen LogP contribution in [-0.4, -0.2) is 22.6 Å². The minimum Gasteiger partial charge on any atom is -0.481 e. The molecule has 0 heterocycles. The molecule has 134 valence electrons. The molecule has 0 aromatic heterocycles. The van der Waals surface area contributed by atoms with Crippen molar-refractivity contribution >= 4 is 17.5 Å². The Labute approximate surface area is 144 Å². The van der Waals surface area contributed by atoms with Crippen LogP contribution < -0.4 is 0 Å². The van der Waals surface area contributed by atoms with Crippen LogP contribution in [0.3, 0.4) is 0 Å². The van der Waals surface area contributed by atoms with Crippen LogP contribution in [0, 0.1) is 23.7 Å². The van der Waals surface area contributed by atoms with Crippen LogP contribution in [0.25, 0.3) is 0 Å². The molecule has 2 fully saturated rings. The molecule has 2 rings (SSSR count). The summed E-state index contributed by atoms with van der Waals surface area (Å²) in [5.74, 6) is 0.775. The molecule has 0 aromatic rings. The van der Waals surface area contributed by atoms with E-state index in [1.807, 2.05) is 12.2 Å². The van der Waals surface area contributed by atoms with Gasteiger partial charge in [0.2, 0.25) is 0 Å². The molecular formula is C20H30O4. The van der Waals surface area contributed by atoms with Crippen LogP contribution in [0.1, 0.15) is 71.1 Å². The lowest BCUT2D eigenvalue weighted by atomic mass is 9.69. The molecule has 1 unspecified atom stereocenters. The summed E-state index contributed by atoms with van der Waals surface area (Å²) in [6.45, 7) is 2.14. The highest BCUT2D eigenvalue weighted by Crippen LogP contribution is 2.48. The monoisotopic (exact) mass is 334 g/mol. The van der Waals surface area contributed by atoms with Gasteiger partial charge in [0.15, 0.2) is 0 Å². The van der Waals surface area contributed by atoms with E-state index in [-0.39, 0.29) is 24.2 Å². The third kappa shape index (κ3) is 4.78. The fourth-order valence-electron chi connectivity index (χ4n) is 4.50. The Kier molecular flexibility index (Phi) is 7.19. The van der Waals surface area contributed by atoms with Crippen molar-refractivity contribution in [3.63, 3.8) is 0 Å². The fraction of sp³-hybridized carbons (Fsp3) is 0.750. The molecule has 0 radical (unpaired) electrons. The molecule has 4 nitrogen and oxygen atoms in total. The summed E-state index contributed by atoms with van der Waals surface area (Å²) in [4.78, 5) is 35.2. The van der Waals surface area contributed by atoms with Gasteiger partial charge in [-0.1, -0.05) is 31.9 Å². The number of hydrogen-bond acceptors (Lipinski definition) is 3. The largest absolute Gasteiger partial charge is 0.481 e. The number of Topliss-reactive ketones (excluding diaryl/α,β-unsaturated/α-hetero) is 2. The van der Waals surface area contributed by atoms with Crippen molar-refractivity contribution in [2.75, 3.05) is 0 Å². The zero-order chi connectivity index (χ0) is 17.5. The van der Waals surface area contributed by atoms with E-state index < -0.39 is 5.97 Å². The number of aliphatic carboxylic acids is 1. The summed E-state index contributed by atoms with van der Waals surface area (Å²) in [6.07, 6.45) is 11.6. The Hall–Kier alpha value is -1.45. The Balaban J connectivity index is 1.88. The first kappa shape index (κ1) is 18.9. The van der Waals surface area contributed by atoms with E-state index in [9.17, 15) is 14.4 Å². The molecule has 4 atom stereocenters. The first-order valence-electron chi connectivity index (χ1n) is 9.46. The number of allylic oxidation sites excluding steroid dienone is 2. The normalized spacial score (nSPS) is 30.0. The fourth-order valence-corrected chi connectivity index (χ4v) is 4.50.